The third kappa shape index (κ3) is 6.33. The molecule has 1 amide bonds. The number of carbonyl (C=O) groups is 2. The van der Waals surface area contributed by atoms with Crippen molar-refractivity contribution in [3.8, 4) is 0 Å². The van der Waals surface area contributed by atoms with Crippen LogP contribution in [0.2, 0.25) is 0 Å². The van der Waals surface area contributed by atoms with Crippen LogP contribution in [0.5, 0.6) is 0 Å². The Morgan fingerprint density at radius 1 is 1.22 bits per heavy atom. The van der Waals surface area contributed by atoms with Crippen molar-refractivity contribution in [3.63, 3.8) is 0 Å². The number of aromatic nitrogens is 2. The molecule has 0 bridgehead atoms. The van der Waals surface area contributed by atoms with Gasteiger partial charge in [-0.1, -0.05) is 59.8 Å². The zero-order valence-corrected chi connectivity index (χ0v) is 20.1. The van der Waals surface area contributed by atoms with E-state index in [2.05, 4.69) is 23.7 Å². The second kappa shape index (κ2) is 11.0. The Morgan fingerprint density at radius 2 is 1.94 bits per heavy atom. The molecule has 1 saturated carbocycles. The SMILES string of the molecule is CCC(C)Cn1c(CC2CCCC2)nc2cc(C(=O)N[C@H](CC(=O)O)CC(C)C)ccc21. The molecule has 6 heteroatoms. The lowest BCUT2D eigenvalue weighted by Crippen LogP contribution is -2.37. The second-order valence-corrected chi connectivity index (χ2v) is 10.1. The van der Waals surface area contributed by atoms with Crippen LogP contribution in [0.25, 0.3) is 11.0 Å². The van der Waals surface area contributed by atoms with Crippen LogP contribution in [-0.2, 0) is 17.8 Å². The molecule has 1 heterocycles. The number of hydrogen-bond donors (Lipinski definition) is 2. The molecule has 0 spiro atoms. The smallest absolute Gasteiger partial charge is 0.305 e. The highest BCUT2D eigenvalue weighted by molar-refractivity contribution is 5.97. The Hall–Kier alpha value is -2.37. The van der Waals surface area contributed by atoms with Crippen LogP contribution in [0.15, 0.2) is 18.2 Å². The number of hydrogen-bond acceptors (Lipinski definition) is 3. The average Bonchev–Trinajstić information content (AvgIpc) is 3.34. The van der Waals surface area contributed by atoms with E-state index in [1.54, 1.807) is 0 Å². The van der Waals surface area contributed by atoms with Gasteiger partial charge < -0.3 is 15.0 Å². The predicted molar refractivity (Wildman–Crippen MR) is 128 cm³/mol. The highest BCUT2D eigenvalue weighted by Gasteiger charge is 2.22. The molecule has 1 fully saturated rings. The molecule has 1 unspecified atom stereocenters. The lowest BCUT2D eigenvalue weighted by Gasteiger charge is -2.19. The van der Waals surface area contributed by atoms with E-state index in [0.29, 0.717) is 29.7 Å². The minimum Gasteiger partial charge on any atom is -0.481 e. The van der Waals surface area contributed by atoms with Crippen LogP contribution in [-0.4, -0.2) is 32.6 Å². The maximum atomic E-state index is 12.9. The molecule has 0 radical (unpaired) electrons. The van der Waals surface area contributed by atoms with E-state index in [4.69, 9.17) is 4.98 Å². The summed E-state index contributed by atoms with van der Waals surface area (Å²) in [5, 5.41) is 12.1. The number of imidazole rings is 1. The zero-order chi connectivity index (χ0) is 23.3. The first kappa shape index (κ1) is 24.3. The Balaban J connectivity index is 1.86. The molecule has 2 N–H and O–H groups in total. The standard InChI is InChI=1S/C26H39N3O3/c1-5-18(4)16-29-23-11-10-20(26(32)27-21(12-17(2)3)15-25(30)31)14-22(23)28-24(29)13-19-8-6-7-9-19/h10-11,14,17-19,21H,5-9,12-13,15-16H2,1-4H3,(H,27,32)(H,30,31)/t18?,21-/m0/s1. The topological polar surface area (TPSA) is 84.2 Å². The van der Waals surface area contributed by atoms with Crippen LogP contribution in [0.1, 0.15) is 88.8 Å². The van der Waals surface area contributed by atoms with E-state index in [9.17, 15) is 14.7 Å². The fraction of sp³-hybridized carbons (Fsp3) is 0.654. The van der Waals surface area contributed by atoms with Crippen molar-refractivity contribution < 1.29 is 14.7 Å². The van der Waals surface area contributed by atoms with Gasteiger partial charge in [0.2, 0.25) is 0 Å². The highest BCUT2D eigenvalue weighted by atomic mass is 16.4. The molecular formula is C26H39N3O3. The summed E-state index contributed by atoms with van der Waals surface area (Å²) in [7, 11) is 0. The number of benzene rings is 1. The van der Waals surface area contributed by atoms with Gasteiger partial charge in [0.05, 0.1) is 17.5 Å². The lowest BCUT2D eigenvalue weighted by atomic mass is 10.0. The summed E-state index contributed by atoms with van der Waals surface area (Å²) >= 11 is 0. The first-order chi connectivity index (χ1) is 15.3. The molecule has 1 aromatic carbocycles. The number of carboxylic acids is 1. The molecule has 0 aliphatic heterocycles. The van der Waals surface area contributed by atoms with Crippen molar-refractivity contribution in [1.29, 1.82) is 0 Å². The Labute approximate surface area is 191 Å². The monoisotopic (exact) mass is 441 g/mol. The number of aliphatic carboxylic acids is 1. The van der Waals surface area contributed by atoms with E-state index in [1.807, 2.05) is 32.0 Å². The summed E-state index contributed by atoms with van der Waals surface area (Å²) in [6.45, 7) is 9.49. The fourth-order valence-electron chi connectivity index (χ4n) is 4.84. The maximum absolute atomic E-state index is 12.9. The third-order valence-corrected chi connectivity index (χ3v) is 6.74. The van der Waals surface area contributed by atoms with E-state index in [0.717, 1.165) is 36.2 Å². The number of amides is 1. The van der Waals surface area contributed by atoms with Crippen molar-refractivity contribution in [3.05, 3.63) is 29.6 Å². The van der Waals surface area contributed by atoms with Crippen molar-refractivity contribution in [1.82, 2.24) is 14.9 Å². The largest absolute Gasteiger partial charge is 0.481 e. The van der Waals surface area contributed by atoms with Crippen LogP contribution >= 0.6 is 0 Å². The van der Waals surface area contributed by atoms with Gasteiger partial charge in [-0.3, -0.25) is 9.59 Å². The molecule has 2 aromatic rings. The van der Waals surface area contributed by atoms with Gasteiger partial charge in [0.25, 0.3) is 5.91 Å². The van der Waals surface area contributed by atoms with E-state index in [1.165, 1.54) is 25.7 Å². The van der Waals surface area contributed by atoms with Crippen molar-refractivity contribution in [2.24, 2.45) is 17.8 Å². The lowest BCUT2D eigenvalue weighted by molar-refractivity contribution is -0.137. The molecule has 3 rings (SSSR count). The molecule has 0 saturated heterocycles. The van der Waals surface area contributed by atoms with Gasteiger partial charge in [-0.2, -0.15) is 0 Å². The van der Waals surface area contributed by atoms with Gasteiger partial charge >= 0.3 is 5.97 Å². The molecule has 2 atom stereocenters. The van der Waals surface area contributed by atoms with E-state index in [-0.39, 0.29) is 18.4 Å². The van der Waals surface area contributed by atoms with Crippen molar-refractivity contribution in [2.75, 3.05) is 0 Å². The number of fused-ring (bicyclic) bond motifs is 1. The Morgan fingerprint density at radius 3 is 2.56 bits per heavy atom. The number of rotatable bonds is 11. The minimum atomic E-state index is -0.897. The van der Waals surface area contributed by atoms with Crippen LogP contribution in [0.3, 0.4) is 0 Å². The molecular weight excluding hydrogens is 402 g/mol. The maximum Gasteiger partial charge on any atom is 0.305 e. The first-order valence-corrected chi connectivity index (χ1v) is 12.3. The number of nitrogens with one attached hydrogen (secondary N) is 1. The molecule has 1 aliphatic carbocycles. The van der Waals surface area contributed by atoms with Crippen molar-refractivity contribution >= 4 is 22.9 Å². The second-order valence-electron chi connectivity index (χ2n) is 10.1. The summed E-state index contributed by atoms with van der Waals surface area (Å²) in [5.41, 5.74) is 2.48. The highest BCUT2D eigenvalue weighted by Crippen LogP contribution is 2.30. The van der Waals surface area contributed by atoms with Gasteiger partial charge in [-0.05, 0) is 42.4 Å². The fourth-order valence-corrected chi connectivity index (χ4v) is 4.84. The molecule has 1 aromatic heterocycles. The van der Waals surface area contributed by atoms with Gasteiger partial charge in [0.1, 0.15) is 5.82 Å². The first-order valence-electron chi connectivity index (χ1n) is 12.3. The van der Waals surface area contributed by atoms with Crippen LogP contribution in [0, 0.1) is 17.8 Å². The molecule has 176 valence electrons. The average molecular weight is 442 g/mol. The summed E-state index contributed by atoms with van der Waals surface area (Å²) in [6, 6.07) is 5.34. The predicted octanol–water partition coefficient (Wildman–Crippen LogP) is 5.43. The summed E-state index contributed by atoms with van der Waals surface area (Å²) in [4.78, 5) is 29.1. The van der Waals surface area contributed by atoms with E-state index < -0.39 is 5.97 Å². The van der Waals surface area contributed by atoms with E-state index >= 15 is 0 Å². The van der Waals surface area contributed by atoms with Crippen LogP contribution in [0.4, 0.5) is 0 Å². The van der Waals surface area contributed by atoms with Gasteiger partial charge in [-0.15, -0.1) is 0 Å². The Kier molecular flexibility index (Phi) is 8.32. The van der Waals surface area contributed by atoms with Gasteiger partial charge in [0.15, 0.2) is 0 Å². The molecule has 1 aliphatic rings. The molecule has 6 nitrogen and oxygen atoms in total. The Bertz CT molecular complexity index is 928. The normalized spacial score (nSPS) is 16.5. The van der Waals surface area contributed by atoms with Gasteiger partial charge in [-0.25, -0.2) is 4.98 Å². The summed E-state index contributed by atoms with van der Waals surface area (Å²) in [5.74, 6) is 1.58. The minimum absolute atomic E-state index is 0.0682. The van der Waals surface area contributed by atoms with Gasteiger partial charge in [0, 0.05) is 24.6 Å². The molecule has 32 heavy (non-hydrogen) atoms. The number of carboxylic acid groups (broad SMARTS) is 1. The summed E-state index contributed by atoms with van der Waals surface area (Å²) in [6.07, 6.45) is 7.87. The third-order valence-electron chi connectivity index (χ3n) is 6.74. The number of nitrogens with zero attached hydrogens (tertiary/aromatic N) is 2. The zero-order valence-electron chi connectivity index (χ0n) is 20.1. The summed E-state index contributed by atoms with van der Waals surface area (Å²) < 4.78 is 2.36. The number of carbonyl (C=O) groups excluding carboxylic acids is 1. The van der Waals surface area contributed by atoms with Crippen molar-refractivity contribution in [2.45, 2.75) is 91.6 Å². The van der Waals surface area contributed by atoms with Crippen LogP contribution < -0.4 is 5.32 Å². The quantitative estimate of drug-likeness (QED) is 0.487.